The molecule has 1 aromatic carbocycles. The molecule has 0 atom stereocenters. The maximum Gasteiger partial charge on any atom is 0.255 e. The van der Waals surface area contributed by atoms with Crippen molar-refractivity contribution in [3.8, 4) is 5.75 Å². The van der Waals surface area contributed by atoms with E-state index >= 15 is 0 Å². The Labute approximate surface area is 124 Å². The lowest BCUT2D eigenvalue weighted by Crippen LogP contribution is -2.42. The van der Waals surface area contributed by atoms with Crippen LogP contribution >= 0.6 is 0 Å². The Hall–Kier alpha value is -2.08. The zero-order valence-corrected chi connectivity index (χ0v) is 12.1. The van der Waals surface area contributed by atoms with Crippen LogP contribution in [-0.2, 0) is 9.59 Å². The number of benzene rings is 1. The van der Waals surface area contributed by atoms with Crippen molar-refractivity contribution >= 4 is 17.5 Å². The SMILES string of the molecule is CC1(C(=O)Nc2cccc(OCC(N)=O)c2)CCNCC1. The zero-order valence-electron chi connectivity index (χ0n) is 12.1. The summed E-state index contributed by atoms with van der Waals surface area (Å²) in [5.41, 5.74) is 5.34. The van der Waals surface area contributed by atoms with Gasteiger partial charge in [-0.05, 0) is 38.1 Å². The molecule has 2 amide bonds. The van der Waals surface area contributed by atoms with Crippen LogP contribution in [0.5, 0.6) is 5.75 Å². The van der Waals surface area contributed by atoms with Gasteiger partial charge in [0.1, 0.15) is 5.75 Å². The van der Waals surface area contributed by atoms with Crippen LogP contribution in [0, 0.1) is 5.41 Å². The lowest BCUT2D eigenvalue weighted by atomic mass is 9.80. The second kappa shape index (κ2) is 6.58. The summed E-state index contributed by atoms with van der Waals surface area (Å²) in [7, 11) is 0. The van der Waals surface area contributed by atoms with Gasteiger partial charge in [-0.25, -0.2) is 0 Å². The van der Waals surface area contributed by atoms with Gasteiger partial charge in [-0.2, -0.15) is 0 Å². The van der Waals surface area contributed by atoms with E-state index in [9.17, 15) is 9.59 Å². The van der Waals surface area contributed by atoms with Gasteiger partial charge in [-0.15, -0.1) is 0 Å². The minimum absolute atomic E-state index is 0.0102. The third-order valence-corrected chi connectivity index (χ3v) is 3.73. The molecule has 0 radical (unpaired) electrons. The van der Waals surface area contributed by atoms with Crippen molar-refractivity contribution in [1.82, 2.24) is 5.32 Å². The molecule has 1 heterocycles. The average Bonchev–Trinajstić information content (AvgIpc) is 2.46. The topological polar surface area (TPSA) is 93.4 Å². The van der Waals surface area contributed by atoms with Crippen LogP contribution in [0.4, 0.5) is 5.69 Å². The fraction of sp³-hybridized carbons (Fsp3) is 0.467. The molecule has 1 aromatic rings. The molecule has 0 aromatic heterocycles. The van der Waals surface area contributed by atoms with E-state index in [0.717, 1.165) is 25.9 Å². The van der Waals surface area contributed by atoms with Crippen molar-refractivity contribution < 1.29 is 14.3 Å². The summed E-state index contributed by atoms with van der Waals surface area (Å²) in [6.07, 6.45) is 1.63. The van der Waals surface area contributed by atoms with Crippen molar-refractivity contribution in [3.63, 3.8) is 0 Å². The Bertz CT molecular complexity index is 525. The van der Waals surface area contributed by atoms with E-state index in [1.54, 1.807) is 24.3 Å². The smallest absolute Gasteiger partial charge is 0.255 e. The second-order valence-electron chi connectivity index (χ2n) is 5.55. The molecule has 0 spiro atoms. The van der Waals surface area contributed by atoms with E-state index in [-0.39, 0.29) is 17.9 Å². The van der Waals surface area contributed by atoms with Gasteiger partial charge in [0.25, 0.3) is 5.91 Å². The van der Waals surface area contributed by atoms with Crippen LogP contribution in [0.15, 0.2) is 24.3 Å². The molecular weight excluding hydrogens is 270 g/mol. The standard InChI is InChI=1S/C15H21N3O3/c1-15(5-7-17-8-6-15)14(20)18-11-3-2-4-12(9-11)21-10-13(16)19/h2-4,9,17H,5-8,10H2,1H3,(H2,16,19)(H,18,20). The van der Waals surface area contributed by atoms with E-state index in [1.807, 2.05) is 6.92 Å². The summed E-state index contributed by atoms with van der Waals surface area (Å²) in [4.78, 5) is 23.1. The molecule has 114 valence electrons. The van der Waals surface area contributed by atoms with Gasteiger partial charge in [0.05, 0.1) is 0 Å². The Morgan fingerprint density at radius 3 is 2.76 bits per heavy atom. The van der Waals surface area contributed by atoms with E-state index in [1.165, 1.54) is 0 Å². The van der Waals surface area contributed by atoms with E-state index in [4.69, 9.17) is 10.5 Å². The monoisotopic (exact) mass is 291 g/mol. The Morgan fingerprint density at radius 2 is 2.10 bits per heavy atom. The van der Waals surface area contributed by atoms with E-state index in [2.05, 4.69) is 10.6 Å². The number of hydrogen-bond donors (Lipinski definition) is 3. The number of carbonyl (C=O) groups is 2. The van der Waals surface area contributed by atoms with E-state index in [0.29, 0.717) is 11.4 Å². The molecule has 2 rings (SSSR count). The lowest BCUT2D eigenvalue weighted by Gasteiger charge is -2.32. The molecule has 0 unspecified atom stereocenters. The van der Waals surface area contributed by atoms with Gasteiger partial charge in [-0.3, -0.25) is 9.59 Å². The molecule has 6 nitrogen and oxygen atoms in total. The first-order valence-electron chi connectivity index (χ1n) is 7.03. The number of rotatable bonds is 5. The highest BCUT2D eigenvalue weighted by molar-refractivity contribution is 5.95. The molecule has 1 fully saturated rings. The molecule has 0 saturated carbocycles. The van der Waals surface area contributed by atoms with Gasteiger partial charge in [0.2, 0.25) is 5.91 Å². The molecule has 0 aliphatic carbocycles. The number of anilines is 1. The third-order valence-electron chi connectivity index (χ3n) is 3.73. The van der Waals surface area contributed by atoms with Crippen LogP contribution < -0.4 is 21.1 Å². The number of piperidine rings is 1. The van der Waals surface area contributed by atoms with Crippen LogP contribution in [0.2, 0.25) is 0 Å². The Balaban J connectivity index is 2.00. The summed E-state index contributed by atoms with van der Waals surface area (Å²) in [6, 6.07) is 6.95. The third kappa shape index (κ3) is 4.19. The molecule has 1 aliphatic rings. The van der Waals surface area contributed by atoms with Crippen LogP contribution in [0.25, 0.3) is 0 Å². The number of nitrogens with one attached hydrogen (secondary N) is 2. The van der Waals surface area contributed by atoms with Crippen molar-refractivity contribution in [2.45, 2.75) is 19.8 Å². The van der Waals surface area contributed by atoms with Crippen molar-refractivity contribution in [2.24, 2.45) is 11.1 Å². The summed E-state index contributed by atoms with van der Waals surface area (Å²) in [5, 5.41) is 6.17. The van der Waals surface area contributed by atoms with Gasteiger partial charge in [0, 0.05) is 17.2 Å². The number of hydrogen-bond acceptors (Lipinski definition) is 4. The molecule has 6 heteroatoms. The molecule has 21 heavy (non-hydrogen) atoms. The minimum Gasteiger partial charge on any atom is -0.484 e. The summed E-state index contributed by atoms with van der Waals surface area (Å²) in [5.74, 6) is -0.0234. The zero-order chi connectivity index (χ0) is 15.3. The van der Waals surface area contributed by atoms with Crippen LogP contribution in [0.3, 0.4) is 0 Å². The maximum absolute atomic E-state index is 12.4. The highest BCUT2D eigenvalue weighted by atomic mass is 16.5. The first kappa shape index (κ1) is 15.3. The van der Waals surface area contributed by atoms with Gasteiger partial charge < -0.3 is 21.1 Å². The maximum atomic E-state index is 12.4. The predicted molar refractivity (Wildman–Crippen MR) is 80.0 cm³/mol. The van der Waals surface area contributed by atoms with Gasteiger partial charge >= 0.3 is 0 Å². The number of nitrogens with two attached hydrogens (primary N) is 1. The van der Waals surface area contributed by atoms with Crippen molar-refractivity contribution in [1.29, 1.82) is 0 Å². The lowest BCUT2D eigenvalue weighted by molar-refractivity contribution is -0.126. The fourth-order valence-corrected chi connectivity index (χ4v) is 2.31. The highest BCUT2D eigenvalue weighted by Gasteiger charge is 2.34. The van der Waals surface area contributed by atoms with Crippen LogP contribution in [0.1, 0.15) is 19.8 Å². The largest absolute Gasteiger partial charge is 0.484 e. The molecule has 0 bridgehead atoms. The highest BCUT2D eigenvalue weighted by Crippen LogP contribution is 2.30. The minimum atomic E-state index is -0.536. The number of primary amides is 1. The summed E-state index contributed by atoms with van der Waals surface area (Å²) in [6.45, 7) is 3.51. The molecule has 1 saturated heterocycles. The summed E-state index contributed by atoms with van der Waals surface area (Å²) >= 11 is 0. The summed E-state index contributed by atoms with van der Waals surface area (Å²) < 4.78 is 5.22. The second-order valence-corrected chi connectivity index (χ2v) is 5.55. The average molecular weight is 291 g/mol. The quantitative estimate of drug-likeness (QED) is 0.750. The molecule has 4 N–H and O–H groups in total. The predicted octanol–water partition coefficient (Wildman–Crippen LogP) is 0.879. The molecular formula is C15H21N3O3. The molecule has 1 aliphatic heterocycles. The number of carbonyl (C=O) groups excluding carboxylic acids is 2. The number of ether oxygens (including phenoxy) is 1. The number of amides is 2. The fourth-order valence-electron chi connectivity index (χ4n) is 2.31. The Morgan fingerprint density at radius 1 is 1.38 bits per heavy atom. The first-order valence-corrected chi connectivity index (χ1v) is 7.03. The van der Waals surface area contributed by atoms with Crippen molar-refractivity contribution in [3.05, 3.63) is 24.3 Å². The first-order chi connectivity index (χ1) is 9.99. The van der Waals surface area contributed by atoms with Crippen molar-refractivity contribution in [2.75, 3.05) is 25.0 Å². The van der Waals surface area contributed by atoms with E-state index < -0.39 is 5.91 Å². The van der Waals surface area contributed by atoms with Crippen LogP contribution in [-0.4, -0.2) is 31.5 Å². The van der Waals surface area contributed by atoms with Gasteiger partial charge in [0.15, 0.2) is 6.61 Å². The normalized spacial score (nSPS) is 17.0. The van der Waals surface area contributed by atoms with Gasteiger partial charge in [-0.1, -0.05) is 13.0 Å². The Kier molecular flexibility index (Phi) is 4.80.